The molecule has 6 heteroatoms. The minimum Gasteiger partial charge on any atom is -0.467 e. The standard InChI is InChI=1S/C17H26N2O4/c1-17(2,3)23-16(21)18-14(15(20)22-5)11-12-19(4)13-9-7-6-8-10-13/h6-10,14H,11-12H2,1-5H3,(H,18,21)/t14-/m0/s1. The van der Waals surface area contributed by atoms with Crippen LogP contribution in [0.5, 0.6) is 0 Å². The normalized spacial score (nSPS) is 12.2. The van der Waals surface area contributed by atoms with Crippen LogP contribution in [-0.2, 0) is 14.3 Å². The molecule has 0 aliphatic rings. The van der Waals surface area contributed by atoms with Crippen molar-refractivity contribution in [1.29, 1.82) is 0 Å². The molecule has 0 saturated carbocycles. The average Bonchev–Trinajstić information content (AvgIpc) is 2.49. The van der Waals surface area contributed by atoms with Gasteiger partial charge in [0.05, 0.1) is 7.11 Å². The van der Waals surface area contributed by atoms with Gasteiger partial charge in [-0.25, -0.2) is 9.59 Å². The maximum Gasteiger partial charge on any atom is 0.408 e. The Hall–Kier alpha value is -2.24. The molecule has 1 rings (SSSR count). The number of carbonyl (C=O) groups excluding carboxylic acids is 2. The SMILES string of the molecule is COC(=O)[C@H](CCN(C)c1ccccc1)NC(=O)OC(C)(C)C. The number of para-hydroxylation sites is 1. The van der Waals surface area contributed by atoms with Crippen LogP contribution in [0.15, 0.2) is 30.3 Å². The van der Waals surface area contributed by atoms with Crippen molar-refractivity contribution in [3.8, 4) is 0 Å². The van der Waals surface area contributed by atoms with E-state index >= 15 is 0 Å². The van der Waals surface area contributed by atoms with E-state index in [1.807, 2.05) is 42.3 Å². The second-order valence-corrected chi connectivity index (χ2v) is 6.27. The number of nitrogens with one attached hydrogen (secondary N) is 1. The van der Waals surface area contributed by atoms with Gasteiger partial charge in [-0.05, 0) is 39.3 Å². The first-order chi connectivity index (χ1) is 10.7. The highest BCUT2D eigenvalue weighted by molar-refractivity contribution is 5.81. The molecule has 23 heavy (non-hydrogen) atoms. The molecule has 0 aromatic heterocycles. The molecular formula is C17H26N2O4. The van der Waals surface area contributed by atoms with Crippen LogP contribution >= 0.6 is 0 Å². The van der Waals surface area contributed by atoms with Gasteiger partial charge in [-0.1, -0.05) is 18.2 Å². The second-order valence-electron chi connectivity index (χ2n) is 6.27. The summed E-state index contributed by atoms with van der Waals surface area (Å²) in [7, 11) is 3.23. The van der Waals surface area contributed by atoms with Gasteiger partial charge in [-0.3, -0.25) is 0 Å². The number of nitrogens with zero attached hydrogens (tertiary/aromatic N) is 1. The van der Waals surface area contributed by atoms with E-state index in [4.69, 9.17) is 9.47 Å². The number of carbonyl (C=O) groups is 2. The molecule has 0 saturated heterocycles. The summed E-state index contributed by atoms with van der Waals surface area (Å²) in [5.74, 6) is -0.489. The molecule has 0 heterocycles. The number of benzene rings is 1. The lowest BCUT2D eigenvalue weighted by Crippen LogP contribution is -2.45. The molecular weight excluding hydrogens is 296 g/mol. The quantitative estimate of drug-likeness (QED) is 0.815. The summed E-state index contributed by atoms with van der Waals surface area (Å²) in [6, 6.07) is 9.05. The summed E-state index contributed by atoms with van der Waals surface area (Å²) >= 11 is 0. The van der Waals surface area contributed by atoms with Crippen molar-refractivity contribution in [3.63, 3.8) is 0 Å². The number of hydrogen-bond acceptors (Lipinski definition) is 5. The average molecular weight is 322 g/mol. The third-order valence-electron chi connectivity index (χ3n) is 3.13. The predicted octanol–water partition coefficient (Wildman–Crippen LogP) is 2.58. The molecule has 0 radical (unpaired) electrons. The molecule has 6 nitrogen and oxygen atoms in total. The van der Waals surface area contributed by atoms with Crippen LogP contribution in [0.2, 0.25) is 0 Å². The zero-order chi connectivity index (χ0) is 17.5. The number of amides is 1. The summed E-state index contributed by atoms with van der Waals surface area (Å²) in [5, 5.41) is 2.57. The van der Waals surface area contributed by atoms with Crippen LogP contribution in [0.3, 0.4) is 0 Å². The minimum atomic E-state index is -0.749. The molecule has 0 spiro atoms. The molecule has 1 aromatic rings. The van der Waals surface area contributed by atoms with Crippen molar-refractivity contribution in [3.05, 3.63) is 30.3 Å². The van der Waals surface area contributed by atoms with Gasteiger partial charge < -0.3 is 19.7 Å². The molecule has 0 aliphatic carbocycles. The summed E-state index contributed by atoms with van der Waals surface area (Å²) in [6.45, 7) is 5.88. The van der Waals surface area contributed by atoms with Crippen LogP contribution in [0.4, 0.5) is 10.5 Å². The zero-order valence-corrected chi connectivity index (χ0v) is 14.5. The predicted molar refractivity (Wildman–Crippen MR) is 89.5 cm³/mol. The van der Waals surface area contributed by atoms with E-state index in [0.717, 1.165) is 5.69 Å². The Balaban J connectivity index is 2.61. The Morgan fingerprint density at radius 1 is 1.22 bits per heavy atom. The maximum atomic E-state index is 11.9. The van der Waals surface area contributed by atoms with Crippen molar-refractivity contribution in [1.82, 2.24) is 5.32 Å². The highest BCUT2D eigenvalue weighted by Gasteiger charge is 2.25. The minimum absolute atomic E-state index is 0.414. The summed E-state index contributed by atoms with van der Waals surface area (Å²) < 4.78 is 9.94. The smallest absolute Gasteiger partial charge is 0.408 e. The maximum absolute atomic E-state index is 11.9. The van der Waals surface area contributed by atoms with E-state index in [2.05, 4.69) is 5.32 Å². The lowest BCUT2D eigenvalue weighted by Gasteiger charge is -2.25. The van der Waals surface area contributed by atoms with E-state index in [-0.39, 0.29) is 0 Å². The number of rotatable bonds is 6. The lowest BCUT2D eigenvalue weighted by atomic mass is 10.2. The van der Waals surface area contributed by atoms with Crippen molar-refractivity contribution in [2.75, 3.05) is 25.6 Å². The van der Waals surface area contributed by atoms with Gasteiger partial charge in [0.25, 0.3) is 0 Å². The van der Waals surface area contributed by atoms with Crippen molar-refractivity contribution >= 4 is 17.7 Å². The summed E-state index contributed by atoms with van der Waals surface area (Å²) in [4.78, 5) is 25.7. The van der Waals surface area contributed by atoms with E-state index < -0.39 is 23.7 Å². The first-order valence-corrected chi connectivity index (χ1v) is 7.56. The summed E-state index contributed by atoms with van der Waals surface area (Å²) in [6.07, 6.45) is -0.215. The van der Waals surface area contributed by atoms with E-state index in [1.54, 1.807) is 20.8 Å². The number of esters is 1. The van der Waals surface area contributed by atoms with E-state index in [0.29, 0.717) is 13.0 Å². The first-order valence-electron chi connectivity index (χ1n) is 7.56. The number of alkyl carbamates (subject to hydrolysis) is 1. The van der Waals surface area contributed by atoms with Gasteiger partial charge in [0, 0.05) is 19.3 Å². The molecule has 1 N–H and O–H groups in total. The fraction of sp³-hybridized carbons (Fsp3) is 0.529. The Morgan fingerprint density at radius 2 is 1.83 bits per heavy atom. The van der Waals surface area contributed by atoms with Gasteiger partial charge >= 0.3 is 12.1 Å². The molecule has 0 bridgehead atoms. The topological polar surface area (TPSA) is 67.9 Å². The van der Waals surface area contributed by atoms with Crippen LogP contribution < -0.4 is 10.2 Å². The van der Waals surface area contributed by atoms with Crippen LogP contribution in [0.1, 0.15) is 27.2 Å². The highest BCUT2D eigenvalue weighted by Crippen LogP contribution is 2.12. The number of anilines is 1. The van der Waals surface area contributed by atoms with Crippen molar-refractivity contribution in [2.24, 2.45) is 0 Å². The van der Waals surface area contributed by atoms with Gasteiger partial charge in [0.15, 0.2) is 0 Å². The van der Waals surface area contributed by atoms with Gasteiger partial charge in [0.1, 0.15) is 11.6 Å². The second kappa shape index (κ2) is 8.41. The molecule has 0 unspecified atom stereocenters. The molecule has 1 atom stereocenters. The van der Waals surface area contributed by atoms with Crippen molar-refractivity contribution < 1.29 is 19.1 Å². The van der Waals surface area contributed by atoms with Gasteiger partial charge in [-0.15, -0.1) is 0 Å². The van der Waals surface area contributed by atoms with Gasteiger partial charge in [-0.2, -0.15) is 0 Å². The Kier molecular flexibility index (Phi) is 6.88. The number of hydrogen-bond donors (Lipinski definition) is 1. The van der Waals surface area contributed by atoms with Crippen LogP contribution in [0.25, 0.3) is 0 Å². The monoisotopic (exact) mass is 322 g/mol. The largest absolute Gasteiger partial charge is 0.467 e. The van der Waals surface area contributed by atoms with Crippen molar-refractivity contribution in [2.45, 2.75) is 38.8 Å². The highest BCUT2D eigenvalue weighted by atomic mass is 16.6. The van der Waals surface area contributed by atoms with E-state index in [9.17, 15) is 9.59 Å². The molecule has 0 fully saturated rings. The number of methoxy groups -OCH3 is 1. The number of ether oxygens (including phenoxy) is 2. The molecule has 0 aliphatic heterocycles. The third-order valence-corrected chi connectivity index (χ3v) is 3.13. The Morgan fingerprint density at radius 3 is 2.35 bits per heavy atom. The Bertz CT molecular complexity index is 511. The van der Waals surface area contributed by atoms with Crippen LogP contribution in [-0.4, -0.2) is 44.4 Å². The van der Waals surface area contributed by atoms with Gasteiger partial charge in [0.2, 0.25) is 0 Å². The molecule has 128 valence electrons. The van der Waals surface area contributed by atoms with E-state index in [1.165, 1.54) is 7.11 Å². The summed E-state index contributed by atoms with van der Waals surface area (Å²) in [5.41, 5.74) is 0.416. The first kappa shape index (κ1) is 18.8. The van der Waals surface area contributed by atoms with Crippen LogP contribution in [0, 0.1) is 0 Å². The Labute approximate surface area is 137 Å². The fourth-order valence-electron chi connectivity index (χ4n) is 1.98. The molecule has 1 amide bonds. The third kappa shape index (κ3) is 7.04. The molecule has 1 aromatic carbocycles. The fourth-order valence-corrected chi connectivity index (χ4v) is 1.98. The zero-order valence-electron chi connectivity index (χ0n) is 14.5. The lowest BCUT2D eigenvalue weighted by molar-refractivity contribution is -0.143.